The van der Waals surface area contributed by atoms with Crippen LogP contribution in [0.1, 0.15) is 80.1 Å². The first kappa shape index (κ1) is 22.6. The van der Waals surface area contributed by atoms with Gasteiger partial charge in [-0.15, -0.1) is 0 Å². The number of aldehydes is 1. The van der Waals surface area contributed by atoms with Crippen LogP contribution < -0.4 is 10.0 Å². The van der Waals surface area contributed by atoms with Crippen LogP contribution in [0.15, 0.2) is 30.3 Å². The van der Waals surface area contributed by atoms with E-state index in [2.05, 4.69) is 65.8 Å². The second kappa shape index (κ2) is 8.78. The van der Waals surface area contributed by atoms with Crippen molar-refractivity contribution < 1.29 is 9.53 Å². The van der Waals surface area contributed by atoms with Crippen molar-refractivity contribution in [1.29, 1.82) is 0 Å². The lowest BCUT2D eigenvalue weighted by molar-refractivity contribution is 0.112. The Labute approximate surface area is 172 Å². The topological polar surface area (TPSA) is 26.3 Å². The van der Waals surface area contributed by atoms with Crippen LogP contribution in [0.2, 0.25) is 0 Å². The molecule has 0 radical (unpaired) electrons. The highest BCUT2D eigenvalue weighted by molar-refractivity contribution is 7.48. The summed E-state index contributed by atoms with van der Waals surface area (Å²) in [5, 5.41) is 1.09. The van der Waals surface area contributed by atoms with Gasteiger partial charge in [-0.2, -0.15) is 0 Å². The molecule has 0 aliphatic rings. The fourth-order valence-corrected chi connectivity index (χ4v) is 5.56. The third-order valence-corrected chi connectivity index (χ3v) is 7.86. The summed E-state index contributed by atoms with van der Waals surface area (Å²) in [6.45, 7) is 15.4. The molecule has 0 fully saturated rings. The van der Waals surface area contributed by atoms with E-state index >= 15 is 0 Å². The highest BCUT2D eigenvalue weighted by Gasteiger charge is 2.35. The van der Waals surface area contributed by atoms with Gasteiger partial charge in [0.05, 0.1) is 7.11 Å². The summed E-state index contributed by atoms with van der Waals surface area (Å²) in [6.07, 6.45) is 2.99. The summed E-state index contributed by atoms with van der Waals surface area (Å²) in [7, 11) is 2.29. The number of aryl methyl sites for hydroxylation is 2. The van der Waals surface area contributed by atoms with Gasteiger partial charge in [0, 0.05) is 21.8 Å². The molecule has 0 heterocycles. The van der Waals surface area contributed by atoms with Crippen LogP contribution in [0.5, 0.6) is 5.75 Å². The maximum absolute atomic E-state index is 11.7. The second-order valence-electron chi connectivity index (χ2n) is 8.77. The van der Waals surface area contributed by atoms with E-state index in [0.717, 1.165) is 41.3 Å². The van der Waals surface area contributed by atoms with Gasteiger partial charge >= 0.3 is 0 Å². The Morgan fingerprint density at radius 2 is 1.57 bits per heavy atom. The van der Waals surface area contributed by atoms with Gasteiger partial charge in [-0.1, -0.05) is 78.6 Å². The van der Waals surface area contributed by atoms with Crippen molar-refractivity contribution in [3.05, 3.63) is 58.1 Å². The number of ether oxygens (including phenoxy) is 1. The van der Waals surface area contributed by atoms with E-state index in [0.29, 0.717) is 8.58 Å². The van der Waals surface area contributed by atoms with Crippen LogP contribution >= 0.6 is 8.58 Å². The summed E-state index contributed by atoms with van der Waals surface area (Å²) in [4.78, 5) is 11.7. The Hall–Kier alpha value is -1.66. The lowest BCUT2D eigenvalue weighted by atomic mass is 9.80. The number of hydrogen-bond donors (Lipinski definition) is 0. The summed E-state index contributed by atoms with van der Waals surface area (Å²) in [5.74, 6) is 1.01. The van der Waals surface area contributed by atoms with E-state index in [1.54, 1.807) is 7.11 Å². The molecular weight excluding hydrogens is 363 g/mol. The van der Waals surface area contributed by atoms with Gasteiger partial charge in [-0.05, 0) is 43.5 Å². The van der Waals surface area contributed by atoms with Gasteiger partial charge < -0.3 is 4.74 Å². The molecule has 2 aromatic rings. The van der Waals surface area contributed by atoms with Crippen LogP contribution in [-0.4, -0.2) is 13.4 Å². The first-order valence-electron chi connectivity index (χ1n) is 10.2. The zero-order valence-electron chi connectivity index (χ0n) is 18.7. The van der Waals surface area contributed by atoms with Gasteiger partial charge in [0.15, 0.2) is 6.29 Å². The van der Waals surface area contributed by atoms with Crippen molar-refractivity contribution in [3.63, 3.8) is 0 Å². The molecule has 28 heavy (non-hydrogen) atoms. The Morgan fingerprint density at radius 3 is 2.07 bits per heavy atom. The predicted molar refractivity (Wildman–Crippen MR) is 123 cm³/mol. The van der Waals surface area contributed by atoms with Crippen LogP contribution in [0, 0.1) is 13.8 Å². The van der Waals surface area contributed by atoms with Crippen molar-refractivity contribution in [2.75, 3.05) is 7.11 Å². The van der Waals surface area contributed by atoms with Gasteiger partial charge in [-0.3, -0.25) is 4.79 Å². The Kier molecular flexibility index (Phi) is 7.10. The monoisotopic (exact) mass is 398 g/mol. The minimum Gasteiger partial charge on any atom is -0.496 e. The molecule has 0 aromatic heterocycles. The van der Waals surface area contributed by atoms with Crippen LogP contribution in [0.4, 0.5) is 0 Å². The number of benzene rings is 2. The summed E-state index contributed by atoms with van der Waals surface area (Å²) in [6, 6.07) is 10.8. The molecule has 3 heteroatoms. The zero-order chi connectivity index (χ0) is 21.1. The molecule has 0 bridgehead atoms. The van der Waals surface area contributed by atoms with Gasteiger partial charge in [0.1, 0.15) is 5.75 Å². The summed E-state index contributed by atoms with van der Waals surface area (Å²) >= 11 is 0. The SMILES string of the molecule is CCC(CC)(Pc1ccc(C)cc1C=O)c1cc(C)cc(C(C)(C)C)c1OC. The quantitative estimate of drug-likeness (QED) is 0.396. The van der Waals surface area contributed by atoms with Crippen molar-refractivity contribution in [1.82, 2.24) is 0 Å². The molecule has 2 nitrogen and oxygen atoms in total. The largest absolute Gasteiger partial charge is 0.496 e. The normalized spacial score (nSPS) is 12.6. The minimum atomic E-state index is -0.0512. The molecule has 0 spiro atoms. The molecule has 0 aliphatic heterocycles. The molecule has 1 atom stereocenters. The standard InChI is InChI=1S/C25H35O2P/c1-9-25(10-2,28-22-12-11-17(3)13-19(22)16-26)21-15-18(4)14-20(23(21)27-8)24(5,6)7/h11-16,28H,9-10H2,1-8H3. The fourth-order valence-electron chi connectivity index (χ4n) is 3.93. The molecule has 2 aromatic carbocycles. The van der Waals surface area contributed by atoms with E-state index in [1.165, 1.54) is 16.7 Å². The molecule has 2 rings (SSSR count). The zero-order valence-corrected chi connectivity index (χ0v) is 19.7. The number of hydrogen-bond acceptors (Lipinski definition) is 2. The molecule has 152 valence electrons. The first-order chi connectivity index (χ1) is 13.1. The fraction of sp³-hybridized carbons (Fsp3) is 0.480. The van der Waals surface area contributed by atoms with Crippen molar-refractivity contribution >= 4 is 20.2 Å². The third kappa shape index (κ3) is 4.49. The average Bonchev–Trinajstić information content (AvgIpc) is 2.65. The molecule has 0 amide bonds. The number of methoxy groups -OCH3 is 1. The predicted octanol–water partition coefficient (Wildman–Crippen LogP) is 6.44. The average molecular weight is 399 g/mol. The minimum absolute atomic E-state index is 0.000261. The molecule has 0 saturated carbocycles. The molecular formula is C25H35O2P. The van der Waals surface area contributed by atoms with Gasteiger partial charge in [0.2, 0.25) is 0 Å². The van der Waals surface area contributed by atoms with Crippen LogP contribution in [0.3, 0.4) is 0 Å². The van der Waals surface area contributed by atoms with E-state index < -0.39 is 0 Å². The summed E-state index contributed by atoms with van der Waals surface area (Å²) in [5.41, 5.74) is 5.72. The van der Waals surface area contributed by atoms with Crippen molar-refractivity contribution in [3.8, 4) is 5.75 Å². The second-order valence-corrected chi connectivity index (χ2v) is 10.5. The maximum atomic E-state index is 11.7. The van der Waals surface area contributed by atoms with Crippen molar-refractivity contribution in [2.45, 2.75) is 71.9 Å². The van der Waals surface area contributed by atoms with Crippen LogP contribution in [-0.2, 0) is 10.6 Å². The Morgan fingerprint density at radius 1 is 0.964 bits per heavy atom. The lowest BCUT2D eigenvalue weighted by Crippen LogP contribution is -2.25. The molecule has 0 aliphatic carbocycles. The van der Waals surface area contributed by atoms with Crippen LogP contribution in [0.25, 0.3) is 0 Å². The Bertz CT molecular complexity index is 842. The van der Waals surface area contributed by atoms with E-state index in [1.807, 2.05) is 13.0 Å². The smallest absolute Gasteiger partial charge is 0.150 e. The summed E-state index contributed by atoms with van der Waals surface area (Å²) < 4.78 is 6.02. The molecule has 0 N–H and O–H groups in total. The molecule has 0 saturated heterocycles. The van der Waals surface area contributed by atoms with E-state index in [-0.39, 0.29) is 10.6 Å². The highest BCUT2D eigenvalue weighted by atomic mass is 31.1. The first-order valence-corrected chi connectivity index (χ1v) is 11.2. The highest BCUT2D eigenvalue weighted by Crippen LogP contribution is 2.52. The Balaban J connectivity index is 2.73. The third-order valence-electron chi connectivity index (χ3n) is 5.68. The lowest BCUT2D eigenvalue weighted by Gasteiger charge is -2.36. The number of rotatable bonds is 7. The van der Waals surface area contributed by atoms with E-state index in [4.69, 9.17) is 4.74 Å². The van der Waals surface area contributed by atoms with Gasteiger partial charge in [-0.25, -0.2) is 0 Å². The number of carbonyl (C=O) groups is 1. The van der Waals surface area contributed by atoms with Gasteiger partial charge in [0.25, 0.3) is 0 Å². The number of carbonyl (C=O) groups excluding carboxylic acids is 1. The maximum Gasteiger partial charge on any atom is 0.150 e. The molecule has 1 unspecified atom stereocenters. The van der Waals surface area contributed by atoms with Crippen molar-refractivity contribution in [2.24, 2.45) is 0 Å². The van der Waals surface area contributed by atoms with E-state index in [9.17, 15) is 4.79 Å².